The number of rotatable bonds is 7. The van der Waals surface area contributed by atoms with E-state index in [9.17, 15) is 9.90 Å². The van der Waals surface area contributed by atoms with Crippen LogP contribution in [0.3, 0.4) is 0 Å². The van der Waals surface area contributed by atoms with E-state index in [1.165, 1.54) is 30.5 Å². The summed E-state index contributed by atoms with van der Waals surface area (Å²) in [5, 5.41) is 10.9. The molecular weight excluding hydrogens is 433 g/mol. The summed E-state index contributed by atoms with van der Waals surface area (Å²) in [4.78, 5) is 17.9. The first-order chi connectivity index (χ1) is 16.5. The van der Waals surface area contributed by atoms with Gasteiger partial charge in [0, 0.05) is 36.4 Å². The first-order valence-electron chi connectivity index (χ1n) is 12.3. The van der Waals surface area contributed by atoms with Gasteiger partial charge in [0.2, 0.25) is 0 Å². The van der Waals surface area contributed by atoms with Crippen molar-refractivity contribution in [1.82, 2.24) is 9.47 Å². The molecule has 3 heterocycles. The van der Waals surface area contributed by atoms with Gasteiger partial charge in [0.25, 0.3) is 5.56 Å². The number of aromatic nitrogens is 1. The van der Waals surface area contributed by atoms with Gasteiger partial charge in [-0.15, -0.1) is 0 Å². The van der Waals surface area contributed by atoms with Crippen LogP contribution in [0.25, 0.3) is 16.5 Å². The summed E-state index contributed by atoms with van der Waals surface area (Å²) in [6, 6.07) is 12.7. The second kappa shape index (κ2) is 9.76. The Morgan fingerprint density at radius 1 is 1.12 bits per heavy atom. The van der Waals surface area contributed by atoms with Crippen molar-refractivity contribution in [3.8, 4) is 11.4 Å². The largest absolute Gasteiger partial charge is 0.491 e. The van der Waals surface area contributed by atoms with E-state index in [0.29, 0.717) is 29.0 Å². The van der Waals surface area contributed by atoms with E-state index in [0.717, 1.165) is 25.2 Å². The number of hydrogen-bond donors (Lipinski definition) is 1. The van der Waals surface area contributed by atoms with Gasteiger partial charge in [-0.3, -0.25) is 14.3 Å². The number of fused-ring (bicyclic) bond motifs is 1. The first-order valence-corrected chi connectivity index (χ1v) is 12.3. The maximum absolute atomic E-state index is 15.2. The minimum atomic E-state index is -0.527. The quantitative estimate of drug-likeness (QED) is 0.573. The molecule has 2 aliphatic heterocycles. The lowest BCUT2D eigenvalue weighted by atomic mass is 10.1. The lowest BCUT2D eigenvalue weighted by Crippen LogP contribution is -2.35. The second-order valence-corrected chi connectivity index (χ2v) is 9.38. The number of likely N-dealkylation sites (tertiary alicyclic amines) is 1. The number of nitrogens with zero attached hydrogens (tertiary/aromatic N) is 3. The fourth-order valence-corrected chi connectivity index (χ4v) is 5.08. The molecule has 2 aliphatic rings. The van der Waals surface area contributed by atoms with Crippen molar-refractivity contribution in [3.05, 3.63) is 64.8 Å². The van der Waals surface area contributed by atoms with Gasteiger partial charge in [0.05, 0.1) is 11.8 Å². The number of aliphatic hydroxyl groups is 1. The molecule has 180 valence electrons. The summed E-state index contributed by atoms with van der Waals surface area (Å²) >= 11 is 0. The van der Waals surface area contributed by atoms with Crippen molar-refractivity contribution in [2.24, 2.45) is 0 Å². The summed E-state index contributed by atoms with van der Waals surface area (Å²) < 4.78 is 22.2. The highest BCUT2D eigenvalue weighted by Gasteiger charge is 2.29. The van der Waals surface area contributed by atoms with Crippen LogP contribution in [0, 0.1) is 5.82 Å². The molecule has 3 aromatic rings. The van der Waals surface area contributed by atoms with E-state index in [1.54, 1.807) is 42.6 Å². The van der Waals surface area contributed by atoms with Gasteiger partial charge in [-0.05, 0) is 86.6 Å². The Morgan fingerprint density at radius 3 is 2.71 bits per heavy atom. The monoisotopic (exact) mass is 465 g/mol. The minimum Gasteiger partial charge on any atom is -0.491 e. The molecule has 0 amide bonds. The van der Waals surface area contributed by atoms with Crippen LogP contribution in [-0.4, -0.2) is 59.5 Å². The van der Waals surface area contributed by atoms with Crippen LogP contribution < -0.4 is 15.2 Å². The van der Waals surface area contributed by atoms with E-state index in [2.05, 4.69) is 9.80 Å². The molecule has 1 aromatic heterocycles. The molecule has 5 rings (SSSR count). The van der Waals surface area contributed by atoms with Crippen molar-refractivity contribution in [2.75, 3.05) is 37.7 Å². The number of hydrogen-bond acceptors (Lipinski definition) is 5. The van der Waals surface area contributed by atoms with Crippen LogP contribution >= 0.6 is 0 Å². The Morgan fingerprint density at radius 2 is 1.94 bits per heavy atom. The first kappa shape index (κ1) is 22.9. The topological polar surface area (TPSA) is 57.9 Å². The van der Waals surface area contributed by atoms with E-state index in [1.807, 2.05) is 13.0 Å². The standard InChI is InChI=1S/C27H32FN3O3/c1-2-22(32)18-34-23-6-7-24-19(15-23)9-14-31(27(24)33)26-8-5-20(16-25(26)28)30-13-10-21(17-30)29-11-3-4-12-29/h5-9,14-16,21-22,32H,2-4,10-13,17-18H2,1H3/t21-,22+/m1/s1. The van der Waals surface area contributed by atoms with Gasteiger partial charge in [0.15, 0.2) is 0 Å². The zero-order chi connectivity index (χ0) is 23.7. The normalized spacial score (nSPS) is 19.7. The maximum atomic E-state index is 15.2. The number of aliphatic hydroxyl groups excluding tert-OH is 1. The third-order valence-electron chi connectivity index (χ3n) is 7.17. The van der Waals surface area contributed by atoms with Gasteiger partial charge in [-0.25, -0.2) is 4.39 Å². The molecule has 0 radical (unpaired) electrons. The summed E-state index contributed by atoms with van der Waals surface area (Å²) in [6.07, 6.45) is 5.34. The molecule has 0 aliphatic carbocycles. The van der Waals surface area contributed by atoms with Crippen LogP contribution in [0.4, 0.5) is 10.1 Å². The van der Waals surface area contributed by atoms with Crippen LogP contribution in [-0.2, 0) is 0 Å². The predicted molar refractivity (Wildman–Crippen MR) is 133 cm³/mol. The van der Waals surface area contributed by atoms with Crippen molar-refractivity contribution >= 4 is 16.5 Å². The van der Waals surface area contributed by atoms with Crippen LogP contribution in [0.15, 0.2) is 53.5 Å². The van der Waals surface area contributed by atoms with Gasteiger partial charge < -0.3 is 14.7 Å². The molecule has 0 unspecified atom stereocenters. The molecule has 0 bridgehead atoms. The summed E-state index contributed by atoms with van der Waals surface area (Å²) in [5.41, 5.74) is 0.838. The second-order valence-electron chi connectivity index (χ2n) is 9.38. The van der Waals surface area contributed by atoms with E-state index < -0.39 is 11.9 Å². The van der Waals surface area contributed by atoms with Crippen LogP contribution in [0.2, 0.25) is 0 Å². The van der Waals surface area contributed by atoms with E-state index >= 15 is 4.39 Å². The predicted octanol–water partition coefficient (Wildman–Crippen LogP) is 3.95. The molecule has 2 saturated heterocycles. The lowest BCUT2D eigenvalue weighted by molar-refractivity contribution is 0.104. The maximum Gasteiger partial charge on any atom is 0.263 e. The smallest absolute Gasteiger partial charge is 0.263 e. The number of pyridine rings is 1. The molecular formula is C27H32FN3O3. The number of anilines is 1. The van der Waals surface area contributed by atoms with E-state index in [4.69, 9.17) is 4.74 Å². The molecule has 6 nitrogen and oxygen atoms in total. The third kappa shape index (κ3) is 4.55. The van der Waals surface area contributed by atoms with E-state index in [-0.39, 0.29) is 17.9 Å². The van der Waals surface area contributed by atoms with Crippen molar-refractivity contribution < 1.29 is 14.2 Å². The van der Waals surface area contributed by atoms with Crippen LogP contribution in [0.1, 0.15) is 32.6 Å². The Bertz CT molecular complexity index is 1220. The number of halogens is 1. The molecule has 1 N–H and O–H groups in total. The van der Waals surface area contributed by atoms with Gasteiger partial charge >= 0.3 is 0 Å². The summed E-state index contributed by atoms with van der Waals surface area (Å²) in [7, 11) is 0. The Hall–Kier alpha value is -2.90. The lowest BCUT2D eigenvalue weighted by Gasteiger charge is -2.24. The van der Waals surface area contributed by atoms with Crippen LogP contribution in [0.5, 0.6) is 5.75 Å². The molecule has 34 heavy (non-hydrogen) atoms. The molecule has 0 saturated carbocycles. The highest BCUT2D eigenvalue weighted by molar-refractivity contribution is 5.83. The SMILES string of the molecule is CC[C@H](O)COc1ccc2c(=O)n(-c3ccc(N4CC[C@@H](N5CCCC5)C4)cc3F)ccc2c1. The average molecular weight is 466 g/mol. The van der Waals surface area contributed by atoms with Gasteiger partial charge in [-0.2, -0.15) is 0 Å². The number of ether oxygens (including phenoxy) is 1. The summed E-state index contributed by atoms with van der Waals surface area (Å²) in [5.74, 6) is 0.183. The molecule has 2 aromatic carbocycles. The Labute approximate surface area is 199 Å². The van der Waals surface area contributed by atoms with Crippen molar-refractivity contribution in [3.63, 3.8) is 0 Å². The molecule has 0 spiro atoms. The van der Waals surface area contributed by atoms with Crippen molar-refractivity contribution in [1.29, 1.82) is 0 Å². The zero-order valence-corrected chi connectivity index (χ0v) is 19.6. The number of benzene rings is 2. The van der Waals surface area contributed by atoms with Crippen molar-refractivity contribution in [2.45, 2.75) is 44.8 Å². The zero-order valence-electron chi connectivity index (χ0n) is 19.6. The minimum absolute atomic E-state index is 0.201. The molecule has 7 heteroatoms. The average Bonchev–Trinajstić information content (AvgIpc) is 3.55. The van der Waals surface area contributed by atoms with Gasteiger partial charge in [-0.1, -0.05) is 6.92 Å². The van der Waals surface area contributed by atoms with Gasteiger partial charge in [0.1, 0.15) is 18.2 Å². The Balaban J connectivity index is 1.36. The summed E-state index contributed by atoms with van der Waals surface area (Å²) in [6.45, 7) is 6.28. The fourth-order valence-electron chi connectivity index (χ4n) is 5.08. The Kier molecular flexibility index (Phi) is 6.57. The third-order valence-corrected chi connectivity index (χ3v) is 7.17. The highest BCUT2D eigenvalue weighted by atomic mass is 19.1. The fraction of sp³-hybridized carbons (Fsp3) is 0.444. The molecule has 2 atom stereocenters. The molecule has 2 fully saturated rings. The highest BCUT2D eigenvalue weighted by Crippen LogP contribution is 2.28.